The van der Waals surface area contributed by atoms with Crippen LogP contribution in [0.4, 0.5) is 10.5 Å². The molecule has 6 nitrogen and oxygen atoms in total. The van der Waals surface area contributed by atoms with Gasteiger partial charge in [-0.05, 0) is 5.56 Å². The molecule has 0 saturated heterocycles. The Morgan fingerprint density at radius 1 is 1.35 bits per heavy atom. The van der Waals surface area contributed by atoms with E-state index in [4.69, 9.17) is 9.47 Å². The van der Waals surface area contributed by atoms with Crippen molar-refractivity contribution in [2.24, 2.45) is 0 Å². The van der Waals surface area contributed by atoms with Crippen LogP contribution in [0, 0.1) is 0 Å². The highest BCUT2D eigenvalue weighted by Gasteiger charge is 2.05. The van der Waals surface area contributed by atoms with Gasteiger partial charge >= 0.3 is 6.09 Å². The van der Waals surface area contributed by atoms with Crippen LogP contribution in [-0.2, 0) is 22.6 Å². The van der Waals surface area contributed by atoms with Crippen molar-refractivity contribution in [1.29, 1.82) is 0 Å². The van der Waals surface area contributed by atoms with Crippen molar-refractivity contribution >= 4 is 11.8 Å². The summed E-state index contributed by atoms with van der Waals surface area (Å²) in [6, 6.07) is 9.51. The fraction of sp³-hybridized carbons (Fsp3) is 0.286. The van der Waals surface area contributed by atoms with Gasteiger partial charge in [0.15, 0.2) is 0 Å². The lowest BCUT2D eigenvalue weighted by atomic mass is 10.2. The Balaban J connectivity index is 1.78. The molecule has 0 aliphatic heterocycles. The van der Waals surface area contributed by atoms with Gasteiger partial charge in [0.05, 0.1) is 25.0 Å². The zero-order chi connectivity index (χ0) is 14.2. The molecule has 1 heterocycles. The van der Waals surface area contributed by atoms with Gasteiger partial charge in [-0.2, -0.15) is 5.10 Å². The van der Waals surface area contributed by atoms with Gasteiger partial charge in [-0.1, -0.05) is 30.3 Å². The van der Waals surface area contributed by atoms with Gasteiger partial charge in [-0.15, -0.1) is 0 Å². The van der Waals surface area contributed by atoms with E-state index in [0.29, 0.717) is 18.8 Å². The van der Waals surface area contributed by atoms with Crippen LogP contribution in [0.25, 0.3) is 0 Å². The molecule has 0 atom stereocenters. The Labute approximate surface area is 117 Å². The molecule has 0 unspecified atom stereocenters. The molecule has 0 radical (unpaired) electrons. The quantitative estimate of drug-likeness (QED) is 0.878. The zero-order valence-electron chi connectivity index (χ0n) is 11.3. The second-order valence-corrected chi connectivity index (χ2v) is 4.17. The molecule has 0 aliphatic carbocycles. The average Bonchev–Trinajstić information content (AvgIpc) is 2.91. The van der Waals surface area contributed by atoms with E-state index in [1.807, 2.05) is 30.3 Å². The van der Waals surface area contributed by atoms with Gasteiger partial charge in [-0.3, -0.25) is 10.00 Å². The van der Waals surface area contributed by atoms with E-state index in [9.17, 15) is 4.79 Å². The fourth-order valence-electron chi connectivity index (χ4n) is 1.61. The lowest BCUT2D eigenvalue weighted by molar-refractivity contribution is 0.155. The number of carbonyl (C=O) groups excluding carboxylic acids is 1. The molecule has 2 rings (SSSR count). The van der Waals surface area contributed by atoms with Crippen molar-refractivity contribution in [1.82, 2.24) is 9.78 Å². The fourth-order valence-corrected chi connectivity index (χ4v) is 1.61. The zero-order valence-corrected chi connectivity index (χ0v) is 11.3. The summed E-state index contributed by atoms with van der Waals surface area (Å²) < 4.78 is 11.8. The molecule has 0 spiro atoms. The van der Waals surface area contributed by atoms with E-state index in [1.54, 1.807) is 24.2 Å². The predicted molar refractivity (Wildman–Crippen MR) is 74.4 cm³/mol. The van der Waals surface area contributed by atoms with E-state index in [-0.39, 0.29) is 6.61 Å². The highest BCUT2D eigenvalue weighted by molar-refractivity contribution is 5.84. The van der Waals surface area contributed by atoms with E-state index < -0.39 is 6.09 Å². The third kappa shape index (κ3) is 4.40. The molecule has 1 aromatic carbocycles. The number of anilines is 1. The number of amides is 1. The van der Waals surface area contributed by atoms with E-state index in [1.165, 1.54) is 0 Å². The lowest BCUT2D eigenvalue weighted by Crippen LogP contribution is -2.13. The van der Waals surface area contributed by atoms with Gasteiger partial charge in [0.1, 0.15) is 6.61 Å². The van der Waals surface area contributed by atoms with Gasteiger partial charge in [0.2, 0.25) is 0 Å². The number of aromatic nitrogens is 2. The largest absolute Gasteiger partial charge is 0.444 e. The molecule has 0 saturated carbocycles. The van der Waals surface area contributed by atoms with E-state index in [2.05, 4.69) is 10.4 Å². The van der Waals surface area contributed by atoms with Crippen LogP contribution in [0.3, 0.4) is 0 Å². The summed E-state index contributed by atoms with van der Waals surface area (Å²) in [7, 11) is 1.63. The highest BCUT2D eigenvalue weighted by Crippen LogP contribution is 2.07. The molecule has 2 aromatic rings. The van der Waals surface area contributed by atoms with Gasteiger partial charge in [0.25, 0.3) is 0 Å². The molecule has 106 valence electrons. The predicted octanol–water partition coefficient (Wildman–Crippen LogP) is 2.28. The topological polar surface area (TPSA) is 65.4 Å². The Hall–Kier alpha value is -2.34. The summed E-state index contributed by atoms with van der Waals surface area (Å²) in [6.45, 7) is 1.45. The second-order valence-electron chi connectivity index (χ2n) is 4.17. The summed E-state index contributed by atoms with van der Waals surface area (Å²) >= 11 is 0. The van der Waals surface area contributed by atoms with Crippen molar-refractivity contribution < 1.29 is 14.3 Å². The summed E-state index contributed by atoms with van der Waals surface area (Å²) in [5, 5.41) is 6.72. The minimum Gasteiger partial charge on any atom is -0.444 e. The third-order valence-electron chi connectivity index (χ3n) is 2.62. The number of benzene rings is 1. The molecule has 0 aliphatic rings. The number of nitrogens with one attached hydrogen (secondary N) is 1. The van der Waals surface area contributed by atoms with Crippen molar-refractivity contribution in [3.05, 3.63) is 48.3 Å². The number of rotatable bonds is 6. The minimum atomic E-state index is -0.500. The van der Waals surface area contributed by atoms with Crippen LogP contribution in [0.15, 0.2) is 42.7 Å². The summed E-state index contributed by atoms with van der Waals surface area (Å²) in [5.74, 6) is 0. The Morgan fingerprint density at radius 2 is 2.15 bits per heavy atom. The lowest BCUT2D eigenvalue weighted by Gasteiger charge is -2.05. The van der Waals surface area contributed by atoms with Crippen LogP contribution in [0.1, 0.15) is 5.56 Å². The molecule has 0 bridgehead atoms. The Bertz CT molecular complexity index is 540. The number of methoxy groups -OCH3 is 1. The van der Waals surface area contributed by atoms with Crippen LogP contribution in [0.2, 0.25) is 0 Å². The van der Waals surface area contributed by atoms with Gasteiger partial charge in [0, 0.05) is 13.3 Å². The number of hydrogen-bond donors (Lipinski definition) is 1. The molecule has 1 N–H and O–H groups in total. The normalized spacial score (nSPS) is 10.2. The van der Waals surface area contributed by atoms with Gasteiger partial charge < -0.3 is 9.47 Å². The number of hydrogen-bond acceptors (Lipinski definition) is 4. The Morgan fingerprint density at radius 3 is 2.90 bits per heavy atom. The molecule has 0 fully saturated rings. The highest BCUT2D eigenvalue weighted by atomic mass is 16.5. The molecular weight excluding hydrogens is 258 g/mol. The maximum atomic E-state index is 11.6. The SMILES string of the molecule is COCCn1cc(NC(=O)OCc2ccccc2)cn1. The van der Waals surface area contributed by atoms with Crippen molar-refractivity contribution in [3.8, 4) is 0 Å². The van der Waals surface area contributed by atoms with Crippen molar-refractivity contribution in [2.75, 3.05) is 19.0 Å². The first-order valence-electron chi connectivity index (χ1n) is 6.27. The monoisotopic (exact) mass is 275 g/mol. The second kappa shape index (κ2) is 7.30. The van der Waals surface area contributed by atoms with Crippen LogP contribution < -0.4 is 5.32 Å². The first kappa shape index (κ1) is 14.1. The average molecular weight is 275 g/mol. The van der Waals surface area contributed by atoms with Crippen LogP contribution in [-0.4, -0.2) is 29.6 Å². The maximum absolute atomic E-state index is 11.6. The molecule has 20 heavy (non-hydrogen) atoms. The maximum Gasteiger partial charge on any atom is 0.412 e. The summed E-state index contributed by atoms with van der Waals surface area (Å²) in [4.78, 5) is 11.6. The standard InChI is InChI=1S/C14H17N3O3/c1-19-8-7-17-10-13(9-15-17)16-14(18)20-11-12-5-3-2-4-6-12/h2-6,9-10H,7-8,11H2,1H3,(H,16,18). The third-order valence-corrected chi connectivity index (χ3v) is 2.62. The number of nitrogens with zero attached hydrogens (tertiary/aromatic N) is 2. The van der Waals surface area contributed by atoms with Gasteiger partial charge in [-0.25, -0.2) is 4.79 Å². The summed E-state index contributed by atoms with van der Waals surface area (Å²) in [6.07, 6.45) is 2.79. The van der Waals surface area contributed by atoms with E-state index >= 15 is 0 Å². The number of carbonyl (C=O) groups is 1. The molecule has 1 aromatic heterocycles. The number of ether oxygens (including phenoxy) is 2. The van der Waals surface area contributed by atoms with Crippen LogP contribution in [0.5, 0.6) is 0 Å². The van der Waals surface area contributed by atoms with Crippen molar-refractivity contribution in [3.63, 3.8) is 0 Å². The van der Waals surface area contributed by atoms with E-state index in [0.717, 1.165) is 5.56 Å². The van der Waals surface area contributed by atoms with Crippen LogP contribution >= 0.6 is 0 Å². The molecule has 6 heteroatoms. The smallest absolute Gasteiger partial charge is 0.412 e. The first-order chi connectivity index (χ1) is 9.78. The summed E-state index contributed by atoms with van der Waals surface area (Å²) in [5.41, 5.74) is 1.54. The Kier molecular flexibility index (Phi) is 5.14. The minimum absolute atomic E-state index is 0.241. The van der Waals surface area contributed by atoms with Crippen molar-refractivity contribution in [2.45, 2.75) is 13.2 Å². The molecular formula is C14H17N3O3. The first-order valence-corrected chi connectivity index (χ1v) is 6.27. The molecule has 1 amide bonds.